The average molecular weight is 559 g/mol. The number of nitrogens with one attached hydrogen (secondary N) is 2. The highest BCUT2D eigenvalue weighted by Gasteiger charge is 2.33. The molecule has 1 atom stereocenters. The predicted octanol–water partition coefficient (Wildman–Crippen LogP) is 2.63. The van der Waals surface area contributed by atoms with Crippen LogP contribution in [0.4, 0.5) is 13.2 Å². The van der Waals surface area contributed by atoms with Crippen LogP contribution in [0, 0.1) is 0 Å². The van der Waals surface area contributed by atoms with Gasteiger partial charge in [-0.2, -0.15) is 18.3 Å². The van der Waals surface area contributed by atoms with Crippen LogP contribution in [0.3, 0.4) is 0 Å². The Labute approximate surface area is 193 Å². The maximum atomic E-state index is 12.6. The number of aliphatic imine (C=N–C) groups is 1. The summed E-state index contributed by atoms with van der Waals surface area (Å²) in [5, 5.41) is 12.5. The van der Waals surface area contributed by atoms with E-state index in [0.29, 0.717) is 49.5 Å². The molecule has 0 aliphatic carbocycles. The number of hydrogen-bond donors (Lipinski definition) is 2. The van der Waals surface area contributed by atoms with Crippen LogP contribution >= 0.6 is 35.3 Å². The minimum absolute atomic E-state index is 0. The largest absolute Gasteiger partial charge is 0.434 e. The van der Waals surface area contributed by atoms with Crippen molar-refractivity contribution in [1.29, 1.82) is 0 Å². The zero-order chi connectivity index (χ0) is 20.9. The van der Waals surface area contributed by atoms with Gasteiger partial charge in [-0.15, -0.1) is 35.3 Å². The third-order valence-corrected chi connectivity index (χ3v) is 5.21. The zero-order valence-corrected chi connectivity index (χ0v) is 19.8. The Bertz CT molecular complexity index is 840. The summed E-state index contributed by atoms with van der Waals surface area (Å²) in [6.45, 7) is 4.04. The molecule has 2 aromatic rings. The third-order valence-electron chi connectivity index (χ3n) is 4.30. The van der Waals surface area contributed by atoms with Gasteiger partial charge in [0.05, 0.1) is 11.6 Å². The van der Waals surface area contributed by atoms with Gasteiger partial charge < -0.3 is 15.4 Å². The summed E-state index contributed by atoms with van der Waals surface area (Å²) in [6, 6.07) is 0.133. The van der Waals surface area contributed by atoms with Crippen molar-refractivity contribution in [3.05, 3.63) is 27.7 Å². The van der Waals surface area contributed by atoms with E-state index in [1.54, 1.807) is 7.11 Å². The van der Waals surface area contributed by atoms with Gasteiger partial charge >= 0.3 is 6.18 Å². The van der Waals surface area contributed by atoms with Crippen LogP contribution in [-0.2, 0) is 36.9 Å². The summed E-state index contributed by atoms with van der Waals surface area (Å²) < 4.78 is 44.9. The van der Waals surface area contributed by atoms with E-state index >= 15 is 0 Å². The molecule has 1 unspecified atom stereocenters. The molecule has 8 nitrogen and oxygen atoms in total. The van der Waals surface area contributed by atoms with E-state index in [-0.39, 0.29) is 30.0 Å². The molecule has 0 radical (unpaired) electrons. The molecule has 13 heteroatoms. The normalized spacial score (nSPS) is 16.7. The van der Waals surface area contributed by atoms with Crippen LogP contribution in [0.1, 0.15) is 35.7 Å². The minimum atomic E-state index is -4.40. The molecule has 3 heterocycles. The fourth-order valence-corrected chi connectivity index (χ4v) is 3.80. The smallest absolute Gasteiger partial charge is 0.377 e. The molecule has 0 spiro atoms. The summed E-state index contributed by atoms with van der Waals surface area (Å²) in [7, 11) is 1.61. The molecular weight excluding hydrogens is 534 g/mol. The number of aryl methyl sites for hydroxylation is 1. The molecule has 0 aromatic carbocycles. The minimum Gasteiger partial charge on any atom is -0.377 e. The first kappa shape index (κ1) is 24.8. The number of nitrogens with zero attached hydrogens (tertiary/aromatic N) is 5. The number of rotatable bonds is 7. The van der Waals surface area contributed by atoms with Crippen molar-refractivity contribution in [1.82, 2.24) is 30.4 Å². The van der Waals surface area contributed by atoms with Crippen LogP contribution in [0.25, 0.3) is 0 Å². The van der Waals surface area contributed by atoms with Crippen LogP contribution < -0.4 is 10.6 Å². The van der Waals surface area contributed by atoms with E-state index in [0.717, 1.165) is 35.4 Å². The number of hydrogen-bond acceptors (Lipinski definition) is 6. The van der Waals surface area contributed by atoms with Gasteiger partial charge in [-0.05, 0) is 13.3 Å². The quantitative estimate of drug-likeness (QED) is 0.308. The molecule has 0 bridgehead atoms. The lowest BCUT2D eigenvalue weighted by atomic mass is 10.1. The van der Waals surface area contributed by atoms with E-state index < -0.39 is 11.9 Å². The Kier molecular flexibility index (Phi) is 9.28. The van der Waals surface area contributed by atoms with Gasteiger partial charge in [0.2, 0.25) is 0 Å². The molecule has 30 heavy (non-hydrogen) atoms. The SMILES string of the molecule is CCNC(=NCCc1nc(C(F)(F)F)cs1)NC1CCc2nc(COC)nn2C1.I. The fraction of sp³-hybridized carbons (Fsp3) is 0.647. The van der Waals surface area contributed by atoms with Gasteiger partial charge in [0.15, 0.2) is 17.5 Å². The Hall–Kier alpha value is -1.48. The first-order valence-corrected chi connectivity index (χ1v) is 10.2. The van der Waals surface area contributed by atoms with Crippen molar-refractivity contribution in [3.8, 4) is 0 Å². The Morgan fingerprint density at radius 2 is 2.20 bits per heavy atom. The van der Waals surface area contributed by atoms with Crippen molar-refractivity contribution in [2.75, 3.05) is 20.2 Å². The zero-order valence-electron chi connectivity index (χ0n) is 16.7. The number of alkyl halides is 3. The van der Waals surface area contributed by atoms with E-state index in [1.165, 1.54) is 0 Å². The summed E-state index contributed by atoms with van der Waals surface area (Å²) in [6.07, 6.45) is -2.36. The molecule has 1 aliphatic rings. The molecule has 168 valence electrons. The Morgan fingerprint density at radius 3 is 2.87 bits per heavy atom. The Morgan fingerprint density at radius 1 is 1.40 bits per heavy atom. The highest BCUT2D eigenvalue weighted by atomic mass is 127. The summed E-state index contributed by atoms with van der Waals surface area (Å²) in [4.78, 5) is 12.6. The van der Waals surface area contributed by atoms with Gasteiger partial charge in [-0.25, -0.2) is 14.6 Å². The summed E-state index contributed by atoms with van der Waals surface area (Å²) >= 11 is 1.01. The molecule has 2 aromatic heterocycles. The maximum absolute atomic E-state index is 12.6. The van der Waals surface area contributed by atoms with Gasteiger partial charge in [-0.1, -0.05) is 0 Å². The average Bonchev–Trinajstić information content (AvgIpc) is 3.28. The maximum Gasteiger partial charge on any atom is 0.434 e. The fourth-order valence-electron chi connectivity index (χ4n) is 3.00. The highest BCUT2D eigenvalue weighted by molar-refractivity contribution is 14.0. The van der Waals surface area contributed by atoms with Crippen molar-refractivity contribution in [3.63, 3.8) is 0 Å². The van der Waals surface area contributed by atoms with Gasteiger partial charge in [0, 0.05) is 44.5 Å². The molecule has 0 fully saturated rings. The second-order valence-corrected chi connectivity index (χ2v) is 7.52. The first-order valence-electron chi connectivity index (χ1n) is 9.37. The molecule has 0 saturated carbocycles. The van der Waals surface area contributed by atoms with Crippen molar-refractivity contribution in [2.24, 2.45) is 4.99 Å². The van der Waals surface area contributed by atoms with Crippen molar-refractivity contribution < 1.29 is 17.9 Å². The summed E-state index contributed by atoms with van der Waals surface area (Å²) in [5.41, 5.74) is -0.842. The van der Waals surface area contributed by atoms with Crippen molar-refractivity contribution >= 4 is 41.3 Å². The topological polar surface area (TPSA) is 89.2 Å². The molecule has 1 aliphatic heterocycles. The summed E-state index contributed by atoms with van der Waals surface area (Å²) in [5.74, 6) is 2.25. The second-order valence-electron chi connectivity index (χ2n) is 6.57. The third kappa shape index (κ3) is 6.77. The van der Waals surface area contributed by atoms with E-state index in [2.05, 4.69) is 30.7 Å². The number of fused-ring (bicyclic) bond motifs is 1. The van der Waals surface area contributed by atoms with Crippen LogP contribution in [0.5, 0.6) is 0 Å². The van der Waals surface area contributed by atoms with Crippen LogP contribution in [-0.4, -0.2) is 51.9 Å². The van der Waals surface area contributed by atoms with Gasteiger partial charge in [0.25, 0.3) is 0 Å². The highest BCUT2D eigenvalue weighted by Crippen LogP contribution is 2.30. The van der Waals surface area contributed by atoms with Gasteiger partial charge in [0.1, 0.15) is 12.4 Å². The lowest BCUT2D eigenvalue weighted by Gasteiger charge is -2.25. The second kappa shape index (κ2) is 11.2. The monoisotopic (exact) mass is 559 g/mol. The van der Waals surface area contributed by atoms with E-state index in [9.17, 15) is 13.2 Å². The number of guanidine groups is 1. The first-order chi connectivity index (χ1) is 13.9. The van der Waals surface area contributed by atoms with Crippen LogP contribution in [0.15, 0.2) is 10.4 Å². The number of ether oxygens (including phenoxy) is 1. The number of halogens is 4. The lowest BCUT2D eigenvalue weighted by molar-refractivity contribution is -0.140. The number of aromatic nitrogens is 4. The van der Waals surface area contributed by atoms with E-state index in [1.807, 2.05) is 11.6 Å². The van der Waals surface area contributed by atoms with E-state index in [4.69, 9.17) is 4.74 Å². The number of thiazole rings is 1. The molecule has 0 saturated heterocycles. The van der Waals surface area contributed by atoms with Crippen molar-refractivity contribution in [2.45, 2.75) is 51.6 Å². The standard InChI is InChI=1S/C17H24F3N7OS.HI/c1-3-21-16(22-7-6-15-24-12(10-29-15)17(18,19)20)23-11-4-5-14-25-13(9-28-2)26-27(14)8-11;/h10-11H,3-9H2,1-2H3,(H2,21,22,23);1H. The van der Waals surface area contributed by atoms with Gasteiger partial charge in [-0.3, -0.25) is 4.99 Å². The number of methoxy groups -OCH3 is 1. The van der Waals surface area contributed by atoms with Crippen LogP contribution in [0.2, 0.25) is 0 Å². The molecule has 3 rings (SSSR count). The predicted molar refractivity (Wildman–Crippen MR) is 118 cm³/mol. The molecule has 2 N–H and O–H groups in total. The molecule has 0 amide bonds. The lowest BCUT2D eigenvalue weighted by Crippen LogP contribution is -2.47. The Balaban J connectivity index is 0.00000320. The molecular formula is C17H25F3IN7OS.